The zero-order valence-corrected chi connectivity index (χ0v) is 10.8. The fourth-order valence-corrected chi connectivity index (χ4v) is 1.39. The van der Waals surface area contributed by atoms with Gasteiger partial charge in [0, 0.05) is 5.56 Å². The van der Waals surface area contributed by atoms with Crippen LogP contribution in [0.5, 0.6) is 5.75 Å². The monoisotopic (exact) mass is 266 g/mol. The summed E-state index contributed by atoms with van der Waals surface area (Å²) in [7, 11) is 0. The molecule has 19 heavy (non-hydrogen) atoms. The highest BCUT2D eigenvalue weighted by Crippen LogP contribution is 2.23. The molecule has 0 fully saturated rings. The molecule has 104 valence electrons. The standard InChI is InChI=1S/C13H18N2O4/c1-2-3-6-19-11-7-9(4-5-10(11)14)13(18)15-8-12(16)17/h4-5,7H,2-3,6,8,14H2,1H3,(H,15,18)(H,16,17). The molecule has 1 amide bonds. The number of carbonyl (C=O) groups excluding carboxylic acids is 1. The van der Waals surface area contributed by atoms with Crippen molar-refractivity contribution < 1.29 is 19.4 Å². The summed E-state index contributed by atoms with van der Waals surface area (Å²) >= 11 is 0. The summed E-state index contributed by atoms with van der Waals surface area (Å²) in [6.45, 7) is 2.15. The minimum absolute atomic E-state index is 0.321. The van der Waals surface area contributed by atoms with Crippen LogP contribution in [0.2, 0.25) is 0 Å². The summed E-state index contributed by atoms with van der Waals surface area (Å²) < 4.78 is 5.47. The zero-order chi connectivity index (χ0) is 14.3. The zero-order valence-electron chi connectivity index (χ0n) is 10.8. The number of nitrogens with two attached hydrogens (primary N) is 1. The van der Waals surface area contributed by atoms with E-state index in [1.165, 1.54) is 12.1 Å². The molecule has 1 aromatic rings. The van der Waals surface area contributed by atoms with Crippen molar-refractivity contribution in [2.75, 3.05) is 18.9 Å². The number of carboxylic acids is 1. The lowest BCUT2D eigenvalue weighted by molar-refractivity contribution is -0.135. The van der Waals surface area contributed by atoms with E-state index in [-0.39, 0.29) is 0 Å². The smallest absolute Gasteiger partial charge is 0.322 e. The van der Waals surface area contributed by atoms with Crippen molar-refractivity contribution in [1.82, 2.24) is 5.32 Å². The molecule has 0 saturated heterocycles. The van der Waals surface area contributed by atoms with Crippen molar-refractivity contribution in [2.45, 2.75) is 19.8 Å². The lowest BCUT2D eigenvalue weighted by atomic mass is 10.1. The van der Waals surface area contributed by atoms with Crippen LogP contribution in [0.25, 0.3) is 0 Å². The number of amides is 1. The topological polar surface area (TPSA) is 102 Å². The molecular formula is C13H18N2O4. The highest BCUT2D eigenvalue weighted by molar-refractivity contribution is 5.96. The summed E-state index contributed by atoms with van der Waals surface area (Å²) in [4.78, 5) is 22.0. The minimum Gasteiger partial charge on any atom is -0.491 e. The molecule has 0 bridgehead atoms. The van der Waals surface area contributed by atoms with Gasteiger partial charge in [0.1, 0.15) is 12.3 Å². The Morgan fingerprint density at radius 1 is 1.42 bits per heavy atom. The first-order valence-electron chi connectivity index (χ1n) is 6.07. The van der Waals surface area contributed by atoms with Gasteiger partial charge in [-0.1, -0.05) is 13.3 Å². The molecule has 0 saturated carbocycles. The maximum Gasteiger partial charge on any atom is 0.322 e. The number of unbranched alkanes of at least 4 members (excludes halogenated alkanes) is 1. The fourth-order valence-electron chi connectivity index (χ4n) is 1.39. The molecule has 6 nitrogen and oxygen atoms in total. The van der Waals surface area contributed by atoms with Gasteiger partial charge in [-0.05, 0) is 24.6 Å². The number of aliphatic carboxylic acids is 1. The number of carboxylic acid groups (broad SMARTS) is 1. The number of benzene rings is 1. The lowest BCUT2D eigenvalue weighted by Crippen LogP contribution is -2.29. The van der Waals surface area contributed by atoms with E-state index in [0.29, 0.717) is 23.6 Å². The van der Waals surface area contributed by atoms with E-state index in [4.69, 9.17) is 15.6 Å². The summed E-state index contributed by atoms with van der Waals surface area (Å²) in [5.41, 5.74) is 6.51. The van der Waals surface area contributed by atoms with Crippen LogP contribution >= 0.6 is 0 Å². The van der Waals surface area contributed by atoms with Gasteiger partial charge in [-0.3, -0.25) is 9.59 Å². The Balaban J connectivity index is 2.71. The van der Waals surface area contributed by atoms with E-state index in [9.17, 15) is 9.59 Å². The Hall–Kier alpha value is -2.24. The molecule has 0 aliphatic rings. The first-order valence-corrected chi connectivity index (χ1v) is 6.07. The van der Waals surface area contributed by atoms with Gasteiger partial charge in [0.15, 0.2) is 0 Å². The molecule has 0 spiro atoms. The van der Waals surface area contributed by atoms with Gasteiger partial charge in [0.2, 0.25) is 0 Å². The number of rotatable bonds is 7. The van der Waals surface area contributed by atoms with E-state index in [2.05, 4.69) is 5.32 Å². The third-order valence-electron chi connectivity index (χ3n) is 2.43. The van der Waals surface area contributed by atoms with Crippen LogP contribution in [0, 0.1) is 0 Å². The van der Waals surface area contributed by atoms with Crippen LogP contribution in [-0.4, -0.2) is 30.1 Å². The van der Waals surface area contributed by atoms with E-state index in [1.807, 2.05) is 6.92 Å². The third-order valence-corrected chi connectivity index (χ3v) is 2.43. The molecule has 0 unspecified atom stereocenters. The Kier molecular flexibility index (Phi) is 5.66. The number of carbonyl (C=O) groups is 2. The average Bonchev–Trinajstić information content (AvgIpc) is 2.38. The molecule has 1 aromatic carbocycles. The van der Waals surface area contributed by atoms with Crippen molar-refractivity contribution >= 4 is 17.6 Å². The number of nitrogen functional groups attached to an aromatic ring is 1. The van der Waals surface area contributed by atoms with Crippen molar-refractivity contribution in [3.8, 4) is 5.75 Å². The van der Waals surface area contributed by atoms with Gasteiger partial charge in [0.25, 0.3) is 5.91 Å². The van der Waals surface area contributed by atoms with Gasteiger partial charge in [-0.2, -0.15) is 0 Å². The van der Waals surface area contributed by atoms with Crippen LogP contribution in [0.4, 0.5) is 5.69 Å². The number of hydrogen-bond donors (Lipinski definition) is 3. The second kappa shape index (κ2) is 7.25. The van der Waals surface area contributed by atoms with E-state index in [1.54, 1.807) is 6.07 Å². The highest BCUT2D eigenvalue weighted by Gasteiger charge is 2.10. The number of nitrogens with one attached hydrogen (secondary N) is 1. The van der Waals surface area contributed by atoms with Gasteiger partial charge in [-0.25, -0.2) is 0 Å². The quantitative estimate of drug-likeness (QED) is 0.509. The Morgan fingerprint density at radius 3 is 2.79 bits per heavy atom. The predicted octanol–water partition coefficient (Wildman–Crippen LogP) is 1.26. The molecule has 6 heteroatoms. The molecule has 0 aliphatic carbocycles. The first-order chi connectivity index (χ1) is 9.04. The average molecular weight is 266 g/mol. The van der Waals surface area contributed by atoms with Crippen LogP contribution in [0.15, 0.2) is 18.2 Å². The minimum atomic E-state index is -1.09. The Bertz CT molecular complexity index is 460. The van der Waals surface area contributed by atoms with Gasteiger partial charge >= 0.3 is 5.97 Å². The molecule has 1 rings (SSSR count). The second-order valence-electron chi connectivity index (χ2n) is 4.03. The number of anilines is 1. The van der Waals surface area contributed by atoms with Gasteiger partial charge < -0.3 is 20.9 Å². The molecule has 4 N–H and O–H groups in total. The van der Waals surface area contributed by atoms with Crippen molar-refractivity contribution in [1.29, 1.82) is 0 Å². The van der Waals surface area contributed by atoms with Gasteiger partial charge in [0.05, 0.1) is 12.3 Å². The van der Waals surface area contributed by atoms with E-state index in [0.717, 1.165) is 12.8 Å². The summed E-state index contributed by atoms with van der Waals surface area (Å²) in [5.74, 6) is -1.12. The summed E-state index contributed by atoms with van der Waals surface area (Å²) in [6.07, 6.45) is 1.90. The Labute approximate surface area is 111 Å². The maximum atomic E-state index is 11.7. The summed E-state index contributed by atoms with van der Waals surface area (Å²) in [5, 5.41) is 10.8. The van der Waals surface area contributed by atoms with Crippen LogP contribution in [0.3, 0.4) is 0 Å². The SMILES string of the molecule is CCCCOc1cc(C(=O)NCC(=O)O)ccc1N. The van der Waals surface area contributed by atoms with Crippen LogP contribution in [-0.2, 0) is 4.79 Å². The maximum absolute atomic E-state index is 11.7. The van der Waals surface area contributed by atoms with Crippen molar-refractivity contribution in [3.05, 3.63) is 23.8 Å². The highest BCUT2D eigenvalue weighted by atomic mass is 16.5. The second-order valence-corrected chi connectivity index (χ2v) is 4.03. The van der Waals surface area contributed by atoms with Crippen LogP contribution in [0.1, 0.15) is 30.1 Å². The molecule has 0 atom stereocenters. The molecule has 0 aliphatic heterocycles. The van der Waals surface area contributed by atoms with E-state index >= 15 is 0 Å². The molecule has 0 heterocycles. The van der Waals surface area contributed by atoms with Crippen molar-refractivity contribution in [3.63, 3.8) is 0 Å². The number of hydrogen-bond acceptors (Lipinski definition) is 4. The largest absolute Gasteiger partial charge is 0.491 e. The summed E-state index contributed by atoms with van der Waals surface area (Å²) in [6, 6.07) is 4.61. The van der Waals surface area contributed by atoms with Crippen molar-refractivity contribution in [2.24, 2.45) is 0 Å². The number of ether oxygens (including phenoxy) is 1. The Morgan fingerprint density at radius 2 is 2.16 bits per heavy atom. The normalized spacial score (nSPS) is 9.95. The molecule has 0 radical (unpaired) electrons. The van der Waals surface area contributed by atoms with E-state index < -0.39 is 18.4 Å². The lowest BCUT2D eigenvalue weighted by Gasteiger charge is -2.10. The van der Waals surface area contributed by atoms with Crippen LogP contribution < -0.4 is 15.8 Å². The molecule has 0 aromatic heterocycles. The predicted molar refractivity (Wildman–Crippen MR) is 71.2 cm³/mol. The fraction of sp³-hybridized carbons (Fsp3) is 0.385. The third kappa shape index (κ3) is 4.87. The van der Waals surface area contributed by atoms with Gasteiger partial charge in [-0.15, -0.1) is 0 Å². The first kappa shape index (κ1) is 14.8. The molecular weight excluding hydrogens is 248 g/mol.